The van der Waals surface area contributed by atoms with Gasteiger partial charge in [-0.15, -0.1) is 0 Å². The van der Waals surface area contributed by atoms with E-state index in [9.17, 15) is 9.59 Å². The maximum atomic E-state index is 12.0. The average molecular weight is 270 g/mol. The Hall–Kier alpha value is -1.26. The Labute approximate surface area is 115 Å². The number of rotatable bonds is 3. The van der Waals surface area contributed by atoms with Crippen molar-refractivity contribution in [2.45, 2.75) is 52.6 Å². The molecule has 0 aromatic carbocycles. The zero-order valence-corrected chi connectivity index (χ0v) is 12.5. The van der Waals surface area contributed by atoms with Gasteiger partial charge in [-0.05, 0) is 40.0 Å². The van der Waals surface area contributed by atoms with E-state index >= 15 is 0 Å². The Balaban J connectivity index is 2.50. The Bertz CT molecular complexity index is 323. The van der Waals surface area contributed by atoms with Crippen molar-refractivity contribution in [3.8, 4) is 0 Å². The molecule has 0 aliphatic carbocycles. The van der Waals surface area contributed by atoms with Crippen molar-refractivity contribution in [2.75, 3.05) is 19.6 Å². The molecule has 0 aromatic heterocycles. The van der Waals surface area contributed by atoms with Crippen LogP contribution in [0.5, 0.6) is 0 Å². The van der Waals surface area contributed by atoms with Crippen molar-refractivity contribution in [1.82, 2.24) is 10.2 Å². The lowest BCUT2D eigenvalue weighted by atomic mass is 9.97. The second kappa shape index (κ2) is 6.78. The van der Waals surface area contributed by atoms with Crippen LogP contribution in [0.15, 0.2) is 0 Å². The summed E-state index contributed by atoms with van der Waals surface area (Å²) < 4.78 is 5.34. The lowest BCUT2D eigenvalue weighted by Crippen LogP contribution is -2.47. The van der Waals surface area contributed by atoms with Gasteiger partial charge in [0.2, 0.25) is 5.91 Å². The van der Waals surface area contributed by atoms with Crippen LogP contribution in [-0.4, -0.2) is 42.1 Å². The van der Waals surface area contributed by atoms with Gasteiger partial charge in [-0.25, -0.2) is 4.79 Å². The van der Waals surface area contributed by atoms with Gasteiger partial charge in [-0.2, -0.15) is 0 Å². The minimum atomic E-state index is -0.492. The molecule has 0 saturated carbocycles. The normalized spacial score (nSPS) is 20.0. The number of amides is 2. The van der Waals surface area contributed by atoms with E-state index in [0.717, 1.165) is 19.3 Å². The fraction of sp³-hybridized carbons (Fsp3) is 0.857. The quantitative estimate of drug-likeness (QED) is 0.855. The smallest absolute Gasteiger partial charge is 0.410 e. The van der Waals surface area contributed by atoms with Crippen LogP contribution in [0.4, 0.5) is 4.79 Å². The van der Waals surface area contributed by atoms with Crippen LogP contribution in [0.3, 0.4) is 0 Å². The molecule has 0 bridgehead atoms. The van der Waals surface area contributed by atoms with Crippen molar-refractivity contribution < 1.29 is 14.3 Å². The molecule has 0 radical (unpaired) electrons. The van der Waals surface area contributed by atoms with E-state index in [1.165, 1.54) is 0 Å². The molecule has 2 amide bonds. The summed E-state index contributed by atoms with van der Waals surface area (Å²) in [6.07, 6.45) is 2.30. The highest BCUT2D eigenvalue weighted by molar-refractivity contribution is 5.80. The number of carbonyl (C=O) groups excluding carboxylic acids is 2. The van der Waals surface area contributed by atoms with Crippen molar-refractivity contribution in [3.63, 3.8) is 0 Å². The van der Waals surface area contributed by atoms with Crippen molar-refractivity contribution in [2.24, 2.45) is 5.92 Å². The SMILES string of the molecule is CCCNC(=O)C1CCCN(C(=O)OC(C)(C)C)C1. The van der Waals surface area contributed by atoms with Crippen LogP contribution >= 0.6 is 0 Å². The highest BCUT2D eigenvalue weighted by Gasteiger charge is 2.30. The number of hydrogen-bond donors (Lipinski definition) is 1. The molecular weight excluding hydrogens is 244 g/mol. The van der Waals surface area contributed by atoms with E-state index in [1.54, 1.807) is 4.90 Å². The predicted molar refractivity (Wildman–Crippen MR) is 73.8 cm³/mol. The van der Waals surface area contributed by atoms with E-state index < -0.39 is 5.60 Å². The molecule has 1 aliphatic rings. The largest absolute Gasteiger partial charge is 0.444 e. The first-order chi connectivity index (χ1) is 8.83. The lowest BCUT2D eigenvalue weighted by molar-refractivity contribution is -0.126. The summed E-state index contributed by atoms with van der Waals surface area (Å²) in [5.41, 5.74) is -0.492. The Kier molecular flexibility index (Phi) is 5.63. The molecule has 110 valence electrons. The Morgan fingerprint density at radius 1 is 1.37 bits per heavy atom. The van der Waals surface area contributed by atoms with E-state index in [2.05, 4.69) is 5.32 Å². The molecule has 1 rings (SSSR count). The first-order valence-corrected chi connectivity index (χ1v) is 7.09. The summed E-state index contributed by atoms with van der Waals surface area (Å²) in [4.78, 5) is 25.5. The van der Waals surface area contributed by atoms with Crippen LogP contribution in [0.1, 0.15) is 47.0 Å². The molecule has 1 unspecified atom stereocenters. The number of nitrogens with zero attached hydrogens (tertiary/aromatic N) is 1. The van der Waals surface area contributed by atoms with Crippen molar-refractivity contribution in [3.05, 3.63) is 0 Å². The summed E-state index contributed by atoms with van der Waals surface area (Å²) in [6.45, 7) is 9.40. The number of nitrogens with one attached hydrogen (secondary N) is 1. The fourth-order valence-corrected chi connectivity index (χ4v) is 2.08. The molecule has 1 heterocycles. The molecule has 1 atom stereocenters. The zero-order chi connectivity index (χ0) is 14.5. The van der Waals surface area contributed by atoms with Gasteiger partial charge in [-0.3, -0.25) is 4.79 Å². The van der Waals surface area contributed by atoms with Crippen LogP contribution in [0, 0.1) is 5.92 Å². The third-order valence-electron chi connectivity index (χ3n) is 2.99. The van der Waals surface area contributed by atoms with Crippen molar-refractivity contribution in [1.29, 1.82) is 0 Å². The van der Waals surface area contributed by atoms with Crippen molar-refractivity contribution >= 4 is 12.0 Å². The van der Waals surface area contributed by atoms with Crippen LogP contribution in [-0.2, 0) is 9.53 Å². The Morgan fingerprint density at radius 2 is 2.05 bits per heavy atom. The lowest BCUT2D eigenvalue weighted by Gasteiger charge is -2.33. The highest BCUT2D eigenvalue weighted by atomic mass is 16.6. The first-order valence-electron chi connectivity index (χ1n) is 7.09. The summed E-state index contributed by atoms with van der Waals surface area (Å²) in [5.74, 6) is -0.0528. The summed E-state index contributed by atoms with van der Waals surface area (Å²) in [7, 11) is 0. The van der Waals surface area contributed by atoms with Gasteiger partial charge in [0.25, 0.3) is 0 Å². The summed E-state index contributed by atoms with van der Waals surface area (Å²) in [5, 5.41) is 2.89. The second-order valence-electron chi connectivity index (χ2n) is 6.06. The van der Waals surface area contributed by atoms with Gasteiger partial charge in [-0.1, -0.05) is 6.92 Å². The van der Waals surface area contributed by atoms with Gasteiger partial charge in [0.1, 0.15) is 5.60 Å². The van der Waals surface area contributed by atoms with Gasteiger partial charge >= 0.3 is 6.09 Å². The molecule has 0 spiro atoms. The van der Waals surface area contributed by atoms with Gasteiger partial charge in [0, 0.05) is 19.6 Å². The maximum absolute atomic E-state index is 12.0. The van der Waals surface area contributed by atoms with Gasteiger partial charge < -0.3 is 15.0 Å². The zero-order valence-electron chi connectivity index (χ0n) is 12.5. The monoisotopic (exact) mass is 270 g/mol. The molecule has 1 saturated heterocycles. The third kappa shape index (κ3) is 5.49. The minimum Gasteiger partial charge on any atom is -0.444 e. The van der Waals surface area contributed by atoms with Crippen LogP contribution in [0.25, 0.3) is 0 Å². The second-order valence-corrected chi connectivity index (χ2v) is 6.06. The summed E-state index contributed by atoms with van der Waals surface area (Å²) >= 11 is 0. The minimum absolute atomic E-state index is 0.0510. The van der Waals surface area contributed by atoms with E-state index in [0.29, 0.717) is 19.6 Å². The van der Waals surface area contributed by atoms with E-state index in [4.69, 9.17) is 4.74 Å². The van der Waals surface area contributed by atoms with Crippen LogP contribution in [0.2, 0.25) is 0 Å². The molecule has 19 heavy (non-hydrogen) atoms. The molecule has 1 aliphatic heterocycles. The third-order valence-corrected chi connectivity index (χ3v) is 2.99. The van der Waals surface area contributed by atoms with Gasteiger partial charge in [0.15, 0.2) is 0 Å². The standard InChI is InChI=1S/C14H26N2O3/c1-5-8-15-12(17)11-7-6-9-16(10-11)13(18)19-14(2,3)4/h11H,5-10H2,1-4H3,(H,15,17). The Morgan fingerprint density at radius 3 is 2.63 bits per heavy atom. The number of piperidine rings is 1. The number of likely N-dealkylation sites (tertiary alicyclic amines) is 1. The maximum Gasteiger partial charge on any atom is 0.410 e. The predicted octanol–water partition coefficient (Wildman–Crippen LogP) is 2.16. The molecule has 1 N–H and O–H groups in total. The summed E-state index contributed by atoms with van der Waals surface area (Å²) in [6, 6.07) is 0. The number of ether oxygens (including phenoxy) is 1. The van der Waals surface area contributed by atoms with E-state index in [-0.39, 0.29) is 17.9 Å². The average Bonchev–Trinajstić information content (AvgIpc) is 2.34. The fourth-order valence-electron chi connectivity index (χ4n) is 2.08. The number of hydrogen-bond acceptors (Lipinski definition) is 3. The molecule has 5 nitrogen and oxygen atoms in total. The molecule has 5 heteroatoms. The topological polar surface area (TPSA) is 58.6 Å². The molecule has 0 aromatic rings. The van der Waals surface area contributed by atoms with Gasteiger partial charge in [0.05, 0.1) is 5.92 Å². The van der Waals surface area contributed by atoms with Crippen LogP contribution < -0.4 is 5.32 Å². The number of carbonyl (C=O) groups is 2. The van der Waals surface area contributed by atoms with E-state index in [1.807, 2.05) is 27.7 Å². The molecular formula is C14H26N2O3. The molecule has 1 fully saturated rings. The first kappa shape index (κ1) is 15.8. The highest BCUT2D eigenvalue weighted by Crippen LogP contribution is 2.19.